The van der Waals surface area contributed by atoms with Gasteiger partial charge in [-0.2, -0.15) is 0 Å². The SMILES string of the molecule is CC[C@H](C)C(=O)O[C@H]1C[C@H](O[Si](c2ccccc2)(c2ccccc2)C(C)(C)C)C[C@]23O[C@H]2C[C@H](C)[C@H](CC[C@@H]2C[C@@H](O[Si](c4ccccc4)(c4ccccc4)C(C)(C)C)C[C@@H](OC)O2)[C@@H]13. The molecule has 2 saturated heterocycles. The Bertz CT molecular complexity index is 2080. The van der Waals surface area contributed by atoms with Crippen LogP contribution in [0, 0.1) is 23.7 Å². The predicted molar refractivity (Wildman–Crippen MR) is 266 cm³/mol. The van der Waals surface area contributed by atoms with Gasteiger partial charge < -0.3 is 27.8 Å². The minimum Gasteiger partial charge on any atom is -0.462 e. The third-order valence-electron chi connectivity index (χ3n) is 15.8. The van der Waals surface area contributed by atoms with Gasteiger partial charge in [0.1, 0.15) is 11.7 Å². The van der Waals surface area contributed by atoms with Gasteiger partial charge in [0.15, 0.2) is 6.29 Å². The van der Waals surface area contributed by atoms with E-state index in [-0.39, 0.29) is 70.6 Å². The van der Waals surface area contributed by atoms with Gasteiger partial charge in [-0.1, -0.05) is 184 Å². The molecule has 9 heteroatoms. The fourth-order valence-electron chi connectivity index (χ4n) is 12.5. The zero-order valence-electron chi connectivity index (χ0n) is 40.8. The molecule has 2 aliphatic carbocycles. The van der Waals surface area contributed by atoms with Gasteiger partial charge in [-0.25, -0.2) is 0 Å². The largest absolute Gasteiger partial charge is 0.462 e. The van der Waals surface area contributed by atoms with Crippen molar-refractivity contribution in [1.82, 2.24) is 0 Å². The highest BCUT2D eigenvalue weighted by Gasteiger charge is 2.72. The number of benzene rings is 4. The quantitative estimate of drug-likeness (QED) is 0.0668. The molecule has 0 bridgehead atoms. The molecular weight excluding hydrogens is 841 g/mol. The molecule has 1 spiro atoms. The van der Waals surface area contributed by atoms with E-state index in [1.54, 1.807) is 7.11 Å². The van der Waals surface area contributed by atoms with E-state index in [0.29, 0.717) is 18.8 Å². The van der Waals surface area contributed by atoms with Crippen LogP contribution in [-0.4, -0.2) is 72.1 Å². The highest BCUT2D eigenvalue weighted by Crippen LogP contribution is 2.63. The number of carbonyl (C=O) groups is 1. The van der Waals surface area contributed by atoms with Crippen molar-refractivity contribution in [3.05, 3.63) is 121 Å². The van der Waals surface area contributed by atoms with Gasteiger partial charge in [0.2, 0.25) is 0 Å². The second-order valence-electron chi connectivity index (χ2n) is 22.0. The molecule has 4 aromatic rings. The van der Waals surface area contributed by atoms with Crippen LogP contribution in [0.5, 0.6) is 0 Å². The smallest absolute Gasteiger partial charge is 0.308 e. The first-order chi connectivity index (χ1) is 31.1. The minimum absolute atomic E-state index is 0.0467. The molecule has 350 valence electrons. The van der Waals surface area contributed by atoms with Crippen molar-refractivity contribution in [2.45, 2.75) is 166 Å². The number of esters is 1. The van der Waals surface area contributed by atoms with Crippen molar-refractivity contribution >= 4 is 43.4 Å². The summed E-state index contributed by atoms with van der Waals surface area (Å²) < 4.78 is 42.2. The Morgan fingerprint density at radius 2 is 1.17 bits per heavy atom. The Morgan fingerprint density at radius 3 is 1.62 bits per heavy atom. The molecule has 2 heterocycles. The zero-order valence-corrected chi connectivity index (χ0v) is 42.8. The zero-order chi connectivity index (χ0) is 46.2. The summed E-state index contributed by atoms with van der Waals surface area (Å²) in [6, 6.07) is 43.6. The van der Waals surface area contributed by atoms with Gasteiger partial charge in [0, 0.05) is 32.3 Å². The number of epoxide rings is 1. The number of methoxy groups -OCH3 is 1. The van der Waals surface area contributed by atoms with Gasteiger partial charge in [0.05, 0.1) is 30.3 Å². The summed E-state index contributed by atoms with van der Waals surface area (Å²) in [6.45, 7) is 20.5. The van der Waals surface area contributed by atoms with Crippen LogP contribution < -0.4 is 20.7 Å². The Balaban J connectivity index is 1.08. The molecule has 0 radical (unpaired) electrons. The first kappa shape index (κ1) is 48.1. The van der Waals surface area contributed by atoms with Crippen molar-refractivity contribution in [1.29, 1.82) is 0 Å². The van der Waals surface area contributed by atoms with Crippen LogP contribution in [0.1, 0.15) is 114 Å². The number of hydrogen-bond donors (Lipinski definition) is 0. The molecule has 2 aliphatic heterocycles. The third-order valence-corrected chi connectivity index (χ3v) is 26.0. The van der Waals surface area contributed by atoms with Crippen molar-refractivity contribution in [3.8, 4) is 0 Å². The fraction of sp³-hybridized carbons (Fsp3) is 0.554. The van der Waals surface area contributed by atoms with Gasteiger partial charge >= 0.3 is 5.97 Å². The number of hydrogen-bond acceptors (Lipinski definition) is 7. The average Bonchev–Trinajstić information content (AvgIpc) is 3.99. The summed E-state index contributed by atoms with van der Waals surface area (Å²) in [5.41, 5.74) is -0.399. The van der Waals surface area contributed by atoms with Crippen molar-refractivity contribution in [3.63, 3.8) is 0 Å². The van der Waals surface area contributed by atoms with Gasteiger partial charge in [-0.05, 0) is 74.8 Å². The van der Waals surface area contributed by atoms with E-state index in [0.717, 1.165) is 38.5 Å². The monoisotopic (exact) mass is 917 g/mol. The summed E-state index contributed by atoms with van der Waals surface area (Å²) in [5.74, 6) is 0.433. The Kier molecular flexibility index (Phi) is 14.3. The number of carbonyl (C=O) groups excluding carboxylic acids is 1. The van der Waals surface area contributed by atoms with Crippen LogP contribution in [0.15, 0.2) is 121 Å². The molecular formula is C56H76O7Si2. The van der Waals surface area contributed by atoms with Gasteiger partial charge in [-0.3, -0.25) is 4.79 Å². The van der Waals surface area contributed by atoms with Crippen molar-refractivity contribution < 1.29 is 32.6 Å². The lowest BCUT2D eigenvalue weighted by Gasteiger charge is -2.51. The molecule has 8 rings (SSSR count). The van der Waals surface area contributed by atoms with Crippen molar-refractivity contribution in [2.24, 2.45) is 23.7 Å². The van der Waals surface area contributed by atoms with Gasteiger partial charge in [0.25, 0.3) is 16.6 Å². The maximum atomic E-state index is 14.0. The Hall–Kier alpha value is -3.42. The lowest BCUT2D eigenvalue weighted by Crippen LogP contribution is -2.69. The van der Waals surface area contributed by atoms with Crippen LogP contribution in [0.25, 0.3) is 0 Å². The first-order valence-electron chi connectivity index (χ1n) is 24.7. The standard InChI is InChI=1S/C56H76O7Si2/c1-11-39(2)53(57)60-49-36-43(63-65(55(7,8)9,46-28-20-14-21-29-46)47-30-22-15-23-31-47)38-56-50(61-56)34-40(3)48(52(49)56)33-32-41-35-42(37-51(58-10)59-41)62-64(54(4,5)6,44-24-16-12-17-25-44)45-26-18-13-19-27-45/h12-31,39-43,48-52H,11,32-38H2,1-10H3/t39-,40-,41+,42+,43-,48-,49-,50-,51-,52-,56-/m0/s1. The fourth-order valence-corrected chi connectivity index (χ4v) is 21.9. The second-order valence-corrected chi connectivity index (χ2v) is 30.5. The number of ether oxygens (including phenoxy) is 4. The molecule has 4 aromatic carbocycles. The molecule has 0 aromatic heterocycles. The topological polar surface area (TPSA) is 75.8 Å². The second kappa shape index (κ2) is 19.3. The maximum Gasteiger partial charge on any atom is 0.308 e. The lowest BCUT2D eigenvalue weighted by atomic mass is 9.59. The highest BCUT2D eigenvalue weighted by molar-refractivity contribution is 7.00. The Labute approximate surface area is 392 Å². The van der Waals surface area contributed by atoms with Crippen LogP contribution >= 0.6 is 0 Å². The molecule has 0 amide bonds. The molecule has 2 saturated carbocycles. The molecule has 0 unspecified atom stereocenters. The summed E-state index contributed by atoms with van der Waals surface area (Å²) in [6.07, 6.45) is 5.66. The van der Waals surface area contributed by atoms with E-state index < -0.39 is 22.2 Å². The molecule has 11 atom stereocenters. The maximum absolute atomic E-state index is 14.0. The molecule has 65 heavy (non-hydrogen) atoms. The summed E-state index contributed by atoms with van der Waals surface area (Å²) >= 11 is 0. The van der Waals surface area contributed by atoms with E-state index >= 15 is 0 Å². The Morgan fingerprint density at radius 1 is 0.692 bits per heavy atom. The summed E-state index contributed by atoms with van der Waals surface area (Å²) in [5, 5.41) is 4.76. The van der Waals surface area contributed by atoms with E-state index in [2.05, 4.69) is 177 Å². The summed E-state index contributed by atoms with van der Waals surface area (Å²) in [4.78, 5) is 14.0. The number of rotatable bonds is 15. The van der Waals surface area contributed by atoms with E-state index in [1.165, 1.54) is 20.7 Å². The molecule has 4 aliphatic rings. The van der Waals surface area contributed by atoms with Crippen LogP contribution in [0.3, 0.4) is 0 Å². The van der Waals surface area contributed by atoms with Crippen molar-refractivity contribution in [2.75, 3.05) is 7.11 Å². The van der Waals surface area contributed by atoms with Crippen LogP contribution in [-0.2, 0) is 32.6 Å². The van der Waals surface area contributed by atoms with Crippen LogP contribution in [0.2, 0.25) is 10.1 Å². The normalized spacial score (nSPS) is 29.8. The van der Waals surface area contributed by atoms with Crippen LogP contribution in [0.4, 0.5) is 0 Å². The molecule has 7 nitrogen and oxygen atoms in total. The molecule has 4 fully saturated rings. The van der Waals surface area contributed by atoms with E-state index in [1.807, 2.05) is 6.92 Å². The first-order valence-corrected chi connectivity index (χ1v) is 28.5. The van der Waals surface area contributed by atoms with E-state index in [4.69, 9.17) is 27.8 Å². The minimum atomic E-state index is -2.90. The lowest BCUT2D eigenvalue weighted by molar-refractivity contribution is -0.204. The highest BCUT2D eigenvalue weighted by atomic mass is 28.4. The third kappa shape index (κ3) is 9.29. The van der Waals surface area contributed by atoms with Gasteiger partial charge in [-0.15, -0.1) is 0 Å². The molecule has 0 N–H and O–H groups in total. The predicted octanol–water partition coefficient (Wildman–Crippen LogP) is 9.97. The average molecular weight is 917 g/mol. The summed E-state index contributed by atoms with van der Waals surface area (Å²) in [7, 11) is -3.94. The van der Waals surface area contributed by atoms with E-state index in [9.17, 15) is 4.79 Å².